The lowest BCUT2D eigenvalue weighted by atomic mass is 9.98. The Labute approximate surface area is 149 Å². The Balaban J connectivity index is 1.59. The highest BCUT2D eigenvalue weighted by Gasteiger charge is 2.51. The summed E-state index contributed by atoms with van der Waals surface area (Å²) in [7, 11) is 0. The third-order valence-corrected chi connectivity index (χ3v) is 6.05. The number of ether oxygens (including phenoxy) is 1. The number of hydrogen-bond acceptors (Lipinski definition) is 5. The van der Waals surface area contributed by atoms with Crippen LogP contribution in [0.5, 0.6) is 0 Å². The summed E-state index contributed by atoms with van der Waals surface area (Å²) in [6, 6.07) is 16.1. The van der Waals surface area contributed by atoms with E-state index in [1.54, 1.807) is 0 Å². The lowest BCUT2D eigenvalue weighted by Crippen LogP contribution is -2.53. The molecule has 0 saturated carbocycles. The minimum Gasteiger partial charge on any atom is -0.479 e. The van der Waals surface area contributed by atoms with Crippen LogP contribution in [0.4, 0.5) is 0 Å². The summed E-state index contributed by atoms with van der Waals surface area (Å²) in [6.45, 7) is 0.602. The van der Waals surface area contributed by atoms with Gasteiger partial charge in [0.25, 0.3) is 4.87 Å². The van der Waals surface area contributed by atoms with Crippen LogP contribution in [-0.2, 0) is 14.3 Å². The zero-order chi connectivity index (χ0) is 17.4. The molecule has 0 amide bonds. The smallest absolute Gasteiger partial charge is 0.348 e. The molecular weight excluding hydrogens is 338 g/mol. The number of thioether (sulfide) groups is 1. The van der Waals surface area contributed by atoms with Crippen LogP contribution in [0.2, 0.25) is 0 Å². The first-order valence-corrected chi connectivity index (χ1v) is 9.10. The van der Waals surface area contributed by atoms with Crippen molar-refractivity contribution in [3.63, 3.8) is 0 Å². The number of benzene rings is 2. The second-order valence-electron chi connectivity index (χ2n) is 6.09. The van der Waals surface area contributed by atoms with Crippen LogP contribution in [0.15, 0.2) is 48.5 Å². The average molecular weight is 355 g/mol. The molecule has 1 unspecified atom stereocenters. The molecule has 1 aliphatic carbocycles. The standard InChI is InChI=1S/C19H17NO4S/c21-17(22)19(20-9-10-25-19)18(23)24-11-16-14-7-3-1-5-12(14)13-6-2-4-8-15(13)16/h1-8,16,20H,9-11H2,(H,21,22). The maximum atomic E-state index is 12.5. The first-order chi connectivity index (χ1) is 12.1. The minimum atomic E-state index is -1.68. The van der Waals surface area contributed by atoms with Crippen LogP contribution < -0.4 is 5.32 Å². The van der Waals surface area contributed by atoms with E-state index in [1.807, 2.05) is 36.4 Å². The number of carbonyl (C=O) groups excluding carboxylic acids is 1. The Morgan fingerprint density at radius 2 is 1.72 bits per heavy atom. The van der Waals surface area contributed by atoms with Crippen molar-refractivity contribution in [3.05, 3.63) is 59.7 Å². The number of rotatable bonds is 4. The summed E-state index contributed by atoms with van der Waals surface area (Å²) < 4.78 is 5.49. The van der Waals surface area contributed by atoms with Crippen LogP contribution in [-0.4, -0.2) is 40.8 Å². The number of hydrogen-bond donors (Lipinski definition) is 2. The van der Waals surface area contributed by atoms with Gasteiger partial charge in [-0.2, -0.15) is 0 Å². The Hall–Kier alpha value is -2.31. The Morgan fingerprint density at radius 3 is 2.24 bits per heavy atom. The third kappa shape index (κ3) is 2.53. The minimum absolute atomic E-state index is 0.0754. The number of carboxylic acid groups (broad SMARTS) is 1. The van der Waals surface area contributed by atoms with E-state index in [2.05, 4.69) is 17.4 Å². The normalized spacial score (nSPS) is 21.6. The maximum absolute atomic E-state index is 12.5. The molecule has 128 valence electrons. The summed E-state index contributed by atoms with van der Waals surface area (Å²) in [5.74, 6) is -1.44. The molecule has 1 fully saturated rings. The molecule has 1 atom stereocenters. The second-order valence-corrected chi connectivity index (χ2v) is 7.40. The van der Waals surface area contributed by atoms with Crippen molar-refractivity contribution in [3.8, 4) is 11.1 Å². The van der Waals surface area contributed by atoms with Crippen molar-refractivity contribution in [2.75, 3.05) is 18.9 Å². The van der Waals surface area contributed by atoms with E-state index in [-0.39, 0.29) is 12.5 Å². The summed E-state index contributed by atoms with van der Waals surface area (Å²) in [6.07, 6.45) is 0. The summed E-state index contributed by atoms with van der Waals surface area (Å²) in [5.41, 5.74) is 4.49. The van der Waals surface area contributed by atoms with Crippen molar-refractivity contribution in [2.24, 2.45) is 0 Å². The zero-order valence-corrected chi connectivity index (χ0v) is 14.2. The summed E-state index contributed by atoms with van der Waals surface area (Å²) in [5, 5.41) is 12.2. The number of carboxylic acids is 1. The van der Waals surface area contributed by atoms with Gasteiger partial charge in [-0.15, -0.1) is 11.8 Å². The molecular formula is C19H17NO4S. The van der Waals surface area contributed by atoms with Gasteiger partial charge in [0, 0.05) is 18.2 Å². The Morgan fingerprint density at radius 1 is 1.12 bits per heavy atom. The molecule has 0 radical (unpaired) electrons. The fraction of sp³-hybridized carbons (Fsp3) is 0.263. The van der Waals surface area contributed by atoms with Gasteiger partial charge in [-0.25, -0.2) is 9.59 Å². The molecule has 1 aliphatic heterocycles. The van der Waals surface area contributed by atoms with E-state index in [0.717, 1.165) is 34.0 Å². The first kappa shape index (κ1) is 16.2. The number of fused-ring (bicyclic) bond motifs is 3. The van der Waals surface area contributed by atoms with Crippen LogP contribution >= 0.6 is 11.8 Å². The number of nitrogens with one attached hydrogen (secondary N) is 1. The largest absolute Gasteiger partial charge is 0.479 e. The topological polar surface area (TPSA) is 75.6 Å². The van der Waals surface area contributed by atoms with Crippen molar-refractivity contribution in [2.45, 2.75) is 10.8 Å². The van der Waals surface area contributed by atoms with Crippen LogP contribution in [0.25, 0.3) is 11.1 Å². The van der Waals surface area contributed by atoms with Crippen molar-refractivity contribution in [1.29, 1.82) is 0 Å². The lowest BCUT2D eigenvalue weighted by Gasteiger charge is -2.23. The fourth-order valence-electron chi connectivity index (χ4n) is 3.54. The van der Waals surface area contributed by atoms with Gasteiger partial charge in [0.1, 0.15) is 6.61 Å². The molecule has 0 spiro atoms. The van der Waals surface area contributed by atoms with Gasteiger partial charge in [-0.3, -0.25) is 5.32 Å². The number of aliphatic carboxylic acids is 1. The van der Waals surface area contributed by atoms with Crippen molar-refractivity contribution >= 4 is 23.7 Å². The lowest BCUT2D eigenvalue weighted by molar-refractivity contribution is -0.157. The van der Waals surface area contributed by atoms with Gasteiger partial charge >= 0.3 is 11.9 Å². The van der Waals surface area contributed by atoms with E-state index in [9.17, 15) is 14.7 Å². The molecule has 1 saturated heterocycles. The maximum Gasteiger partial charge on any atom is 0.348 e. The molecule has 0 aromatic heterocycles. The predicted octanol–water partition coefficient (Wildman–Crippen LogP) is 2.46. The van der Waals surface area contributed by atoms with E-state index >= 15 is 0 Å². The highest BCUT2D eigenvalue weighted by atomic mass is 32.2. The third-order valence-electron chi connectivity index (χ3n) is 4.73. The monoisotopic (exact) mass is 355 g/mol. The van der Waals surface area contributed by atoms with E-state index < -0.39 is 16.8 Å². The summed E-state index contributed by atoms with van der Waals surface area (Å²) >= 11 is 1.07. The molecule has 25 heavy (non-hydrogen) atoms. The SMILES string of the molecule is O=C(O)C1(C(=O)OCC2c3ccccc3-c3ccccc32)NCCS1. The van der Waals surface area contributed by atoms with Gasteiger partial charge in [0.2, 0.25) is 0 Å². The molecule has 2 N–H and O–H groups in total. The van der Waals surface area contributed by atoms with E-state index in [0.29, 0.717) is 12.3 Å². The van der Waals surface area contributed by atoms with Crippen LogP contribution in [0, 0.1) is 0 Å². The predicted molar refractivity (Wildman–Crippen MR) is 95.5 cm³/mol. The highest BCUT2D eigenvalue weighted by Crippen LogP contribution is 2.44. The number of esters is 1. The van der Waals surface area contributed by atoms with Crippen LogP contribution in [0.3, 0.4) is 0 Å². The van der Waals surface area contributed by atoms with Crippen LogP contribution in [0.1, 0.15) is 17.0 Å². The van der Waals surface area contributed by atoms with E-state index in [1.165, 1.54) is 0 Å². The molecule has 2 aromatic rings. The zero-order valence-electron chi connectivity index (χ0n) is 13.4. The molecule has 2 aromatic carbocycles. The van der Waals surface area contributed by atoms with Gasteiger partial charge in [-0.05, 0) is 22.3 Å². The first-order valence-electron chi connectivity index (χ1n) is 8.11. The molecule has 0 bridgehead atoms. The molecule has 1 heterocycles. The van der Waals surface area contributed by atoms with Gasteiger partial charge in [-0.1, -0.05) is 48.5 Å². The molecule has 6 heteroatoms. The fourth-order valence-corrected chi connectivity index (χ4v) is 4.55. The van der Waals surface area contributed by atoms with Gasteiger partial charge in [0.05, 0.1) is 0 Å². The molecule has 4 rings (SSSR count). The number of carbonyl (C=O) groups is 2. The van der Waals surface area contributed by atoms with Gasteiger partial charge in [0.15, 0.2) is 0 Å². The summed E-state index contributed by atoms with van der Waals surface area (Å²) in [4.78, 5) is 22.4. The Bertz CT molecular complexity index is 799. The molecule has 5 nitrogen and oxygen atoms in total. The quantitative estimate of drug-likeness (QED) is 0.648. The highest BCUT2D eigenvalue weighted by molar-refractivity contribution is 8.02. The molecule has 2 aliphatic rings. The van der Waals surface area contributed by atoms with Crippen molar-refractivity contribution < 1.29 is 19.4 Å². The average Bonchev–Trinajstić information content (AvgIpc) is 3.24. The van der Waals surface area contributed by atoms with E-state index in [4.69, 9.17) is 4.74 Å². The van der Waals surface area contributed by atoms with Crippen molar-refractivity contribution in [1.82, 2.24) is 5.32 Å². The Kier molecular flexibility index (Phi) is 4.01. The van der Waals surface area contributed by atoms with Gasteiger partial charge < -0.3 is 9.84 Å². The second kappa shape index (κ2) is 6.20.